The summed E-state index contributed by atoms with van der Waals surface area (Å²) in [5.74, 6) is -0.912. The van der Waals surface area contributed by atoms with Crippen LogP contribution in [0.2, 0.25) is 0 Å². The summed E-state index contributed by atoms with van der Waals surface area (Å²) in [6.45, 7) is 0.399. The fourth-order valence-corrected chi connectivity index (χ4v) is 4.81. The largest absolute Gasteiger partial charge is 0.394 e. The van der Waals surface area contributed by atoms with E-state index in [-0.39, 0.29) is 47.7 Å². The van der Waals surface area contributed by atoms with Crippen LogP contribution < -0.4 is 32.5 Å². The second kappa shape index (κ2) is 11.7. The molecule has 0 bridgehead atoms. The summed E-state index contributed by atoms with van der Waals surface area (Å²) in [6, 6.07) is 8.03. The van der Waals surface area contributed by atoms with Gasteiger partial charge in [0.15, 0.2) is 0 Å². The van der Waals surface area contributed by atoms with Gasteiger partial charge in [-0.05, 0) is 48.1 Å². The molecule has 2 atom stereocenters. The molecule has 0 aliphatic heterocycles. The maximum atomic E-state index is 13.0. The average molecular weight is 556 g/mol. The third-order valence-corrected chi connectivity index (χ3v) is 6.86. The van der Waals surface area contributed by atoms with Crippen molar-refractivity contribution in [3.8, 4) is 0 Å². The predicted octanol–water partition coefficient (Wildman–Crippen LogP) is 1.25. The number of nitrogen functional groups attached to an aromatic ring is 1. The summed E-state index contributed by atoms with van der Waals surface area (Å²) in [6.07, 6.45) is 8.99. The lowest BCUT2D eigenvalue weighted by Crippen LogP contribution is -2.36. The van der Waals surface area contributed by atoms with Gasteiger partial charge in [0.05, 0.1) is 12.3 Å². The van der Waals surface area contributed by atoms with Gasteiger partial charge < -0.3 is 26.5 Å². The van der Waals surface area contributed by atoms with Gasteiger partial charge in [-0.25, -0.2) is 9.97 Å². The molecule has 5 N–H and O–H groups in total. The molecule has 2 unspecified atom stereocenters. The summed E-state index contributed by atoms with van der Waals surface area (Å²) >= 11 is 0. The predicted molar refractivity (Wildman–Crippen MR) is 149 cm³/mol. The SMILES string of the molecule is Nc1c(Nc2cccc(CNC(=O)c3cc(C(=O)NC4CCC5=CC(/C=N/OC=O)CC=C54)ncn3)c2)c(=O)c1=O. The van der Waals surface area contributed by atoms with Crippen molar-refractivity contribution in [2.24, 2.45) is 11.1 Å². The van der Waals surface area contributed by atoms with Gasteiger partial charge in [-0.2, -0.15) is 0 Å². The van der Waals surface area contributed by atoms with Gasteiger partial charge in [0.2, 0.25) is 0 Å². The zero-order valence-corrected chi connectivity index (χ0v) is 21.6. The Balaban J connectivity index is 1.17. The summed E-state index contributed by atoms with van der Waals surface area (Å²) in [5, 5.41) is 12.2. The first kappa shape index (κ1) is 27.1. The van der Waals surface area contributed by atoms with E-state index in [0.717, 1.165) is 30.3 Å². The highest BCUT2D eigenvalue weighted by Crippen LogP contribution is 2.36. The molecule has 2 aliphatic carbocycles. The van der Waals surface area contributed by atoms with Crippen molar-refractivity contribution < 1.29 is 19.2 Å². The summed E-state index contributed by atoms with van der Waals surface area (Å²) < 4.78 is 0. The van der Waals surface area contributed by atoms with Crippen molar-refractivity contribution in [2.75, 3.05) is 11.1 Å². The molecule has 2 aromatic carbocycles. The Hall–Kier alpha value is -5.46. The van der Waals surface area contributed by atoms with Gasteiger partial charge in [0.1, 0.15) is 29.1 Å². The summed E-state index contributed by atoms with van der Waals surface area (Å²) in [7, 11) is 0. The van der Waals surface area contributed by atoms with Crippen LogP contribution in [0.4, 0.5) is 17.1 Å². The molecule has 0 saturated heterocycles. The molecule has 13 nitrogen and oxygen atoms in total. The molecule has 5 rings (SSSR count). The minimum Gasteiger partial charge on any atom is -0.394 e. The van der Waals surface area contributed by atoms with Crippen LogP contribution in [0.25, 0.3) is 0 Å². The highest BCUT2D eigenvalue weighted by atomic mass is 16.7. The smallest absolute Gasteiger partial charge is 0.323 e. The lowest BCUT2D eigenvalue weighted by molar-refractivity contribution is -0.128. The molecule has 0 spiro atoms. The standard InChI is InChI=1S/C28H25N7O6/c29-23-24(26(38)25(23)37)34-18-3-1-2-15(9-18)11-30-27(39)21-10-22(32-13-31-21)28(40)35-20-7-5-17-8-16(4-6-19(17)20)12-33-41-14-36/h1-3,6,8-10,12-14,16,20,34H,4-5,7,11,29H2,(H,30,39)(H,35,40)/b33-12+. The van der Waals surface area contributed by atoms with Gasteiger partial charge in [0, 0.05) is 24.2 Å². The van der Waals surface area contributed by atoms with Gasteiger partial charge >= 0.3 is 6.47 Å². The maximum Gasteiger partial charge on any atom is 0.323 e. The highest BCUT2D eigenvalue weighted by Gasteiger charge is 2.30. The molecule has 1 heterocycles. The van der Waals surface area contributed by atoms with E-state index in [1.165, 1.54) is 6.07 Å². The molecular formula is C28H25N7O6. The Bertz CT molecular complexity index is 1690. The van der Waals surface area contributed by atoms with E-state index in [1.54, 1.807) is 30.5 Å². The number of hydrogen-bond acceptors (Lipinski definition) is 11. The molecular weight excluding hydrogens is 530 g/mol. The third kappa shape index (κ3) is 5.93. The molecule has 2 aliphatic rings. The minimum atomic E-state index is -0.715. The van der Waals surface area contributed by atoms with Crippen LogP contribution in [-0.2, 0) is 16.2 Å². The number of rotatable bonds is 10. The number of allylic oxidation sites excluding steroid dienone is 2. The monoisotopic (exact) mass is 555 g/mol. The Morgan fingerprint density at radius 1 is 1.12 bits per heavy atom. The van der Waals surface area contributed by atoms with Crippen molar-refractivity contribution in [3.05, 3.63) is 97.4 Å². The van der Waals surface area contributed by atoms with Gasteiger partial charge in [-0.1, -0.05) is 29.4 Å². The third-order valence-electron chi connectivity index (χ3n) is 6.86. The second-order valence-corrected chi connectivity index (χ2v) is 9.52. The quantitative estimate of drug-likeness (QED) is 0.0929. The number of carbonyl (C=O) groups is 3. The van der Waals surface area contributed by atoms with Crippen molar-refractivity contribution >= 4 is 41.6 Å². The van der Waals surface area contributed by atoms with Gasteiger partial charge in [-0.3, -0.25) is 24.0 Å². The molecule has 1 fully saturated rings. The number of anilines is 3. The van der Waals surface area contributed by atoms with Crippen molar-refractivity contribution in [3.63, 3.8) is 0 Å². The van der Waals surface area contributed by atoms with E-state index in [9.17, 15) is 24.0 Å². The van der Waals surface area contributed by atoms with Crippen LogP contribution in [0.1, 0.15) is 45.8 Å². The number of nitrogens with zero attached hydrogens (tertiary/aromatic N) is 3. The van der Waals surface area contributed by atoms with Crippen molar-refractivity contribution in [1.29, 1.82) is 0 Å². The van der Waals surface area contributed by atoms with Crippen LogP contribution >= 0.6 is 0 Å². The Morgan fingerprint density at radius 3 is 2.71 bits per heavy atom. The molecule has 1 aromatic heterocycles. The second-order valence-electron chi connectivity index (χ2n) is 9.52. The number of oxime groups is 1. The van der Waals surface area contributed by atoms with Crippen LogP contribution in [0, 0.1) is 5.92 Å². The molecule has 3 aromatic rings. The first-order valence-electron chi connectivity index (χ1n) is 12.7. The summed E-state index contributed by atoms with van der Waals surface area (Å²) in [5.41, 5.74) is 7.59. The van der Waals surface area contributed by atoms with E-state index in [4.69, 9.17) is 5.73 Å². The average Bonchev–Trinajstić information content (AvgIpc) is 3.40. The van der Waals surface area contributed by atoms with E-state index in [1.807, 2.05) is 6.08 Å². The van der Waals surface area contributed by atoms with Crippen LogP contribution in [0.15, 0.2) is 74.7 Å². The zero-order valence-electron chi connectivity index (χ0n) is 21.6. The number of benzene rings is 1. The summed E-state index contributed by atoms with van der Waals surface area (Å²) in [4.78, 5) is 71.4. The van der Waals surface area contributed by atoms with Crippen LogP contribution in [-0.4, -0.2) is 40.5 Å². The molecule has 41 heavy (non-hydrogen) atoms. The fraction of sp³-hybridized carbons (Fsp3) is 0.214. The number of amides is 2. The van der Waals surface area contributed by atoms with Crippen LogP contribution in [0.5, 0.6) is 0 Å². The molecule has 13 heteroatoms. The van der Waals surface area contributed by atoms with Crippen LogP contribution in [0.3, 0.4) is 0 Å². The zero-order chi connectivity index (χ0) is 28.9. The van der Waals surface area contributed by atoms with E-state index in [0.29, 0.717) is 17.7 Å². The topological polar surface area (TPSA) is 195 Å². The van der Waals surface area contributed by atoms with Gasteiger partial charge in [0.25, 0.3) is 22.7 Å². The molecule has 1 saturated carbocycles. The Kier molecular flexibility index (Phi) is 7.76. The van der Waals surface area contributed by atoms with Gasteiger partial charge in [-0.15, -0.1) is 0 Å². The molecule has 0 radical (unpaired) electrons. The number of carbonyl (C=O) groups excluding carboxylic acids is 3. The lowest BCUT2D eigenvalue weighted by atomic mass is 9.92. The van der Waals surface area contributed by atoms with E-state index >= 15 is 0 Å². The minimum absolute atomic E-state index is 0.0126. The first-order chi connectivity index (χ1) is 19.8. The lowest BCUT2D eigenvalue weighted by Gasteiger charge is -2.19. The molecule has 2 amide bonds. The number of fused-ring (bicyclic) bond motifs is 1. The Labute approximate surface area is 232 Å². The normalized spacial score (nSPS) is 17.9. The van der Waals surface area contributed by atoms with Crippen molar-refractivity contribution in [1.82, 2.24) is 20.6 Å². The van der Waals surface area contributed by atoms with E-state index < -0.39 is 22.7 Å². The molecule has 208 valence electrons. The first-order valence-corrected chi connectivity index (χ1v) is 12.7. The number of nitrogens with two attached hydrogens (primary N) is 1. The fourth-order valence-electron chi connectivity index (χ4n) is 4.81. The van der Waals surface area contributed by atoms with Crippen molar-refractivity contribution in [2.45, 2.75) is 31.8 Å². The number of nitrogens with one attached hydrogen (secondary N) is 3. The van der Waals surface area contributed by atoms with E-state index in [2.05, 4.69) is 42.0 Å². The number of aromatic nitrogens is 2. The maximum absolute atomic E-state index is 13.0. The Morgan fingerprint density at radius 2 is 1.93 bits per heavy atom. The highest BCUT2D eigenvalue weighted by molar-refractivity contribution is 5.97. The number of hydrogen-bond donors (Lipinski definition) is 4.